The van der Waals surface area contributed by atoms with Crippen molar-refractivity contribution < 1.29 is 9.47 Å². The molecule has 24 heavy (non-hydrogen) atoms. The Morgan fingerprint density at radius 2 is 2.00 bits per heavy atom. The third-order valence-electron chi connectivity index (χ3n) is 4.77. The summed E-state index contributed by atoms with van der Waals surface area (Å²) in [5.41, 5.74) is 9.44. The van der Waals surface area contributed by atoms with Crippen LogP contribution in [-0.2, 0) is 9.47 Å². The van der Waals surface area contributed by atoms with Gasteiger partial charge < -0.3 is 20.5 Å². The van der Waals surface area contributed by atoms with E-state index in [1.54, 1.807) is 0 Å². The molecule has 0 bridgehead atoms. The molecule has 0 radical (unpaired) electrons. The fraction of sp³-hybridized carbons (Fsp3) is 0.611. The van der Waals surface area contributed by atoms with Crippen LogP contribution in [-0.4, -0.2) is 31.0 Å². The highest BCUT2D eigenvalue weighted by atomic mass is 127. The van der Waals surface area contributed by atoms with Gasteiger partial charge in [-0.1, -0.05) is 12.5 Å². The maximum Gasteiger partial charge on any atom is 0.193 e. The van der Waals surface area contributed by atoms with Crippen LogP contribution in [0.1, 0.15) is 43.2 Å². The average molecular weight is 445 g/mol. The Balaban J connectivity index is 0.00000208. The van der Waals surface area contributed by atoms with Crippen molar-refractivity contribution in [1.29, 1.82) is 0 Å². The summed E-state index contributed by atoms with van der Waals surface area (Å²) < 4.78 is 12.0. The maximum atomic E-state index is 6.11. The molecule has 1 saturated heterocycles. The predicted octanol–water partition coefficient (Wildman–Crippen LogP) is 3.72. The normalized spacial score (nSPS) is 23.1. The summed E-state index contributed by atoms with van der Waals surface area (Å²) in [4.78, 5) is 4.41. The Kier molecular flexibility index (Phi) is 6.88. The first-order valence-corrected chi connectivity index (χ1v) is 8.52. The van der Waals surface area contributed by atoms with E-state index in [-0.39, 0.29) is 35.9 Å². The van der Waals surface area contributed by atoms with Gasteiger partial charge in [0.05, 0.1) is 13.2 Å². The number of aryl methyl sites for hydroxylation is 2. The number of nitrogens with two attached hydrogens (primary N) is 1. The van der Waals surface area contributed by atoms with Gasteiger partial charge in [-0.3, -0.25) is 4.99 Å². The number of guanidine groups is 1. The van der Waals surface area contributed by atoms with Gasteiger partial charge in [-0.25, -0.2) is 0 Å². The number of ether oxygens (including phenoxy) is 2. The van der Waals surface area contributed by atoms with E-state index < -0.39 is 0 Å². The molecule has 0 amide bonds. The van der Waals surface area contributed by atoms with Crippen molar-refractivity contribution in [2.24, 2.45) is 10.7 Å². The molecule has 1 heterocycles. The van der Waals surface area contributed by atoms with E-state index in [4.69, 9.17) is 15.2 Å². The van der Waals surface area contributed by atoms with Crippen LogP contribution in [0.4, 0.5) is 5.69 Å². The summed E-state index contributed by atoms with van der Waals surface area (Å²) in [7, 11) is 0. The lowest BCUT2D eigenvalue weighted by atomic mass is 9.94. The zero-order valence-electron chi connectivity index (χ0n) is 14.5. The van der Waals surface area contributed by atoms with Gasteiger partial charge in [0.1, 0.15) is 6.10 Å². The molecule has 3 rings (SSSR count). The minimum absolute atomic E-state index is 0. The molecule has 1 spiro atoms. The third-order valence-corrected chi connectivity index (χ3v) is 4.77. The molecule has 2 fully saturated rings. The van der Waals surface area contributed by atoms with Crippen molar-refractivity contribution in [3.63, 3.8) is 0 Å². The number of nitrogens with one attached hydrogen (secondary N) is 1. The molecule has 5 nitrogen and oxygen atoms in total. The number of nitrogens with zero attached hydrogens (tertiary/aromatic N) is 1. The van der Waals surface area contributed by atoms with Gasteiger partial charge in [0.2, 0.25) is 0 Å². The molecule has 2 aliphatic rings. The number of halogens is 1. The molecule has 1 aliphatic heterocycles. The second kappa shape index (κ2) is 8.49. The van der Waals surface area contributed by atoms with Crippen LogP contribution in [0.5, 0.6) is 0 Å². The molecule has 1 saturated carbocycles. The van der Waals surface area contributed by atoms with Crippen LogP contribution < -0.4 is 11.1 Å². The van der Waals surface area contributed by atoms with Crippen molar-refractivity contribution in [2.45, 2.75) is 57.8 Å². The SMILES string of the molecule is Cc1ccc(NC(N)=NCC2COC3(CCCCC3)O2)cc1C.I. The summed E-state index contributed by atoms with van der Waals surface area (Å²) in [6.45, 7) is 5.32. The molecule has 1 aromatic carbocycles. The second-order valence-electron chi connectivity index (χ2n) is 6.67. The lowest BCUT2D eigenvalue weighted by molar-refractivity contribution is -0.186. The van der Waals surface area contributed by atoms with E-state index in [0.717, 1.165) is 18.5 Å². The van der Waals surface area contributed by atoms with Crippen molar-refractivity contribution in [1.82, 2.24) is 0 Å². The van der Waals surface area contributed by atoms with Crippen molar-refractivity contribution in [3.8, 4) is 0 Å². The Morgan fingerprint density at radius 1 is 1.25 bits per heavy atom. The monoisotopic (exact) mass is 445 g/mol. The van der Waals surface area contributed by atoms with E-state index in [1.165, 1.54) is 30.4 Å². The number of rotatable bonds is 3. The number of benzene rings is 1. The first-order chi connectivity index (χ1) is 11.1. The number of aliphatic imine (C=N–C) groups is 1. The van der Waals surface area contributed by atoms with Crippen LogP contribution >= 0.6 is 24.0 Å². The Bertz CT molecular complexity index is 586. The van der Waals surface area contributed by atoms with Crippen LogP contribution in [0, 0.1) is 13.8 Å². The number of anilines is 1. The van der Waals surface area contributed by atoms with Gasteiger partial charge in [0, 0.05) is 18.5 Å². The van der Waals surface area contributed by atoms with Gasteiger partial charge >= 0.3 is 0 Å². The molecule has 1 aliphatic carbocycles. The highest BCUT2D eigenvalue weighted by Crippen LogP contribution is 2.37. The smallest absolute Gasteiger partial charge is 0.193 e. The molecule has 134 valence electrons. The Hall–Kier alpha value is -0.860. The molecular formula is C18H28IN3O2. The van der Waals surface area contributed by atoms with Crippen molar-refractivity contribution >= 4 is 35.6 Å². The van der Waals surface area contributed by atoms with E-state index in [0.29, 0.717) is 19.1 Å². The topological polar surface area (TPSA) is 68.9 Å². The maximum absolute atomic E-state index is 6.11. The minimum Gasteiger partial charge on any atom is -0.370 e. The fourth-order valence-electron chi connectivity index (χ4n) is 3.27. The molecule has 6 heteroatoms. The average Bonchev–Trinajstić information content (AvgIpc) is 2.92. The largest absolute Gasteiger partial charge is 0.370 e. The lowest BCUT2D eigenvalue weighted by Gasteiger charge is -2.31. The van der Waals surface area contributed by atoms with Crippen molar-refractivity contribution in [3.05, 3.63) is 29.3 Å². The molecule has 1 unspecified atom stereocenters. The Morgan fingerprint density at radius 3 is 2.71 bits per heavy atom. The van der Waals surface area contributed by atoms with E-state index in [1.807, 2.05) is 6.07 Å². The molecule has 0 aromatic heterocycles. The number of hydrogen-bond donors (Lipinski definition) is 2. The first-order valence-electron chi connectivity index (χ1n) is 8.52. The van der Waals surface area contributed by atoms with E-state index >= 15 is 0 Å². The van der Waals surface area contributed by atoms with Gasteiger partial charge in [0.15, 0.2) is 11.7 Å². The summed E-state index contributed by atoms with van der Waals surface area (Å²) in [5, 5.41) is 3.14. The van der Waals surface area contributed by atoms with E-state index in [2.05, 4.69) is 36.3 Å². The zero-order chi connectivity index (χ0) is 16.3. The first kappa shape index (κ1) is 19.5. The molecule has 3 N–H and O–H groups in total. The molecule has 1 atom stereocenters. The quantitative estimate of drug-likeness (QED) is 0.423. The molecule has 1 aromatic rings. The van der Waals surface area contributed by atoms with Crippen molar-refractivity contribution in [2.75, 3.05) is 18.5 Å². The zero-order valence-corrected chi connectivity index (χ0v) is 16.8. The number of hydrogen-bond acceptors (Lipinski definition) is 3. The highest BCUT2D eigenvalue weighted by molar-refractivity contribution is 14.0. The van der Waals surface area contributed by atoms with Crippen LogP contribution in [0.25, 0.3) is 0 Å². The summed E-state index contributed by atoms with van der Waals surface area (Å²) in [6, 6.07) is 6.16. The van der Waals surface area contributed by atoms with E-state index in [9.17, 15) is 0 Å². The molecular weight excluding hydrogens is 417 g/mol. The summed E-state index contributed by atoms with van der Waals surface area (Å²) in [5.74, 6) is 0.0794. The van der Waals surface area contributed by atoms with Crippen LogP contribution in [0.3, 0.4) is 0 Å². The highest BCUT2D eigenvalue weighted by Gasteiger charge is 2.41. The fourth-order valence-corrected chi connectivity index (χ4v) is 3.27. The second-order valence-corrected chi connectivity index (χ2v) is 6.67. The Labute approximate surface area is 161 Å². The minimum atomic E-state index is -0.339. The van der Waals surface area contributed by atoms with Gasteiger partial charge in [-0.05, 0) is 49.9 Å². The van der Waals surface area contributed by atoms with Gasteiger partial charge in [-0.15, -0.1) is 24.0 Å². The summed E-state index contributed by atoms with van der Waals surface area (Å²) >= 11 is 0. The summed E-state index contributed by atoms with van der Waals surface area (Å²) in [6.07, 6.45) is 5.67. The third kappa shape index (κ3) is 4.83. The standard InChI is InChI=1S/C18H27N3O2.HI/c1-13-6-7-15(10-14(13)2)21-17(19)20-11-16-12-22-18(23-16)8-4-3-5-9-18;/h6-7,10,16H,3-5,8-9,11-12H2,1-2H3,(H3,19,20,21);1H. The predicted molar refractivity (Wildman–Crippen MR) is 108 cm³/mol. The van der Waals surface area contributed by atoms with Gasteiger partial charge in [-0.2, -0.15) is 0 Å². The van der Waals surface area contributed by atoms with Gasteiger partial charge in [0.25, 0.3) is 0 Å². The van der Waals surface area contributed by atoms with Crippen LogP contribution in [0.2, 0.25) is 0 Å². The lowest BCUT2D eigenvalue weighted by Crippen LogP contribution is -2.34. The van der Waals surface area contributed by atoms with Crippen LogP contribution in [0.15, 0.2) is 23.2 Å².